The molecule has 1 aromatic carbocycles. The summed E-state index contributed by atoms with van der Waals surface area (Å²) in [5.41, 5.74) is 2.02. The summed E-state index contributed by atoms with van der Waals surface area (Å²) in [4.78, 5) is 33.0. The van der Waals surface area contributed by atoms with Gasteiger partial charge in [-0.2, -0.15) is 5.10 Å². The van der Waals surface area contributed by atoms with Crippen LogP contribution in [0.5, 0.6) is 5.75 Å². The van der Waals surface area contributed by atoms with Gasteiger partial charge in [0.05, 0.1) is 5.69 Å². The van der Waals surface area contributed by atoms with Crippen LogP contribution in [-0.2, 0) is 4.79 Å². The highest BCUT2D eigenvalue weighted by atomic mass is 16.5. The molecule has 154 valence electrons. The van der Waals surface area contributed by atoms with Crippen molar-refractivity contribution in [3.8, 4) is 17.0 Å². The van der Waals surface area contributed by atoms with Crippen molar-refractivity contribution in [2.24, 2.45) is 0 Å². The lowest BCUT2D eigenvalue weighted by Gasteiger charge is -2.35. The van der Waals surface area contributed by atoms with Crippen LogP contribution in [0.2, 0.25) is 0 Å². The van der Waals surface area contributed by atoms with E-state index in [4.69, 9.17) is 4.74 Å². The second-order valence-electron chi connectivity index (χ2n) is 7.09. The van der Waals surface area contributed by atoms with E-state index in [-0.39, 0.29) is 11.8 Å². The van der Waals surface area contributed by atoms with E-state index in [0.717, 1.165) is 5.56 Å². The lowest BCUT2D eigenvalue weighted by Crippen LogP contribution is -2.53. The molecule has 0 spiro atoms. The molecule has 1 aliphatic heterocycles. The number of nitrogens with zero attached hydrogens (tertiary/aromatic N) is 4. The number of piperazine rings is 1. The first-order chi connectivity index (χ1) is 14.6. The summed E-state index contributed by atoms with van der Waals surface area (Å²) in [6.07, 6.45) is 2.79. The summed E-state index contributed by atoms with van der Waals surface area (Å²) >= 11 is 0. The maximum absolute atomic E-state index is 12.8. The Labute approximate surface area is 174 Å². The van der Waals surface area contributed by atoms with Crippen LogP contribution < -0.4 is 4.74 Å². The number of amides is 2. The number of carbonyl (C=O) groups is 2. The van der Waals surface area contributed by atoms with Gasteiger partial charge in [-0.3, -0.25) is 19.7 Å². The number of pyridine rings is 1. The predicted octanol–water partition coefficient (Wildman–Crippen LogP) is 2.22. The smallest absolute Gasteiger partial charge is 0.272 e. The van der Waals surface area contributed by atoms with Crippen molar-refractivity contribution in [1.82, 2.24) is 25.0 Å². The maximum Gasteiger partial charge on any atom is 0.272 e. The molecule has 0 aliphatic carbocycles. The van der Waals surface area contributed by atoms with Crippen LogP contribution in [0.4, 0.5) is 0 Å². The van der Waals surface area contributed by atoms with Crippen molar-refractivity contribution < 1.29 is 14.3 Å². The molecule has 4 rings (SSSR count). The topological polar surface area (TPSA) is 91.4 Å². The highest BCUT2D eigenvalue weighted by Gasteiger charge is 2.29. The maximum atomic E-state index is 12.8. The van der Waals surface area contributed by atoms with Crippen molar-refractivity contribution >= 4 is 11.8 Å². The molecule has 0 bridgehead atoms. The Morgan fingerprint density at radius 3 is 2.37 bits per heavy atom. The number of carbonyl (C=O) groups excluding carboxylic acids is 2. The molecule has 2 amide bonds. The Kier molecular flexibility index (Phi) is 5.74. The zero-order valence-electron chi connectivity index (χ0n) is 16.7. The zero-order chi connectivity index (χ0) is 20.9. The molecule has 8 heteroatoms. The molecular formula is C22H23N5O3. The van der Waals surface area contributed by atoms with Crippen molar-refractivity contribution in [1.29, 1.82) is 0 Å². The van der Waals surface area contributed by atoms with Crippen molar-refractivity contribution in [3.63, 3.8) is 0 Å². The number of hydrogen-bond donors (Lipinski definition) is 1. The fraction of sp³-hybridized carbons (Fsp3) is 0.273. The van der Waals surface area contributed by atoms with Crippen LogP contribution >= 0.6 is 0 Å². The first kappa shape index (κ1) is 19.6. The SMILES string of the molecule is CC(Oc1ccccc1)C(=O)N1CCN(C(=O)c2cc(-c3ccncc3)n[nH]2)CC1. The van der Waals surface area contributed by atoms with Crippen LogP contribution in [0.15, 0.2) is 60.9 Å². The highest BCUT2D eigenvalue weighted by molar-refractivity contribution is 5.93. The van der Waals surface area contributed by atoms with Gasteiger partial charge in [-0.05, 0) is 37.3 Å². The molecule has 1 saturated heterocycles. The molecule has 1 atom stereocenters. The van der Waals surface area contributed by atoms with Gasteiger partial charge in [0.2, 0.25) is 0 Å². The molecule has 3 heterocycles. The lowest BCUT2D eigenvalue weighted by molar-refractivity contribution is -0.139. The van der Waals surface area contributed by atoms with Crippen LogP contribution in [0.1, 0.15) is 17.4 Å². The fourth-order valence-electron chi connectivity index (χ4n) is 3.41. The van der Waals surface area contributed by atoms with E-state index in [1.807, 2.05) is 42.5 Å². The van der Waals surface area contributed by atoms with Crippen molar-refractivity contribution in [2.45, 2.75) is 13.0 Å². The first-order valence-corrected chi connectivity index (χ1v) is 9.87. The van der Waals surface area contributed by atoms with Gasteiger partial charge in [0.1, 0.15) is 11.4 Å². The number of para-hydroxylation sites is 1. The molecule has 0 radical (unpaired) electrons. The number of benzene rings is 1. The van der Waals surface area contributed by atoms with Gasteiger partial charge < -0.3 is 14.5 Å². The van der Waals surface area contributed by atoms with Gasteiger partial charge in [-0.25, -0.2) is 0 Å². The van der Waals surface area contributed by atoms with E-state index in [1.54, 1.807) is 35.2 Å². The minimum Gasteiger partial charge on any atom is -0.481 e. The van der Waals surface area contributed by atoms with Gasteiger partial charge in [0.25, 0.3) is 11.8 Å². The monoisotopic (exact) mass is 405 g/mol. The van der Waals surface area contributed by atoms with E-state index in [2.05, 4.69) is 15.2 Å². The molecule has 2 aromatic heterocycles. The summed E-state index contributed by atoms with van der Waals surface area (Å²) in [7, 11) is 0. The lowest BCUT2D eigenvalue weighted by atomic mass is 10.2. The summed E-state index contributed by atoms with van der Waals surface area (Å²) < 4.78 is 5.73. The summed E-state index contributed by atoms with van der Waals surface area (Å²) in [5, 5.41) is 7.05. The van der Waals surface area contributed by atoms with Crippen LogP contribution in [0, 0.1) is 0 Å². The highest BCUT2D eigenvalue weighted by Crippen LogP contribution is 2.18. The van der Waals surface area contributed by atoms with E-state index >= 15 is 0 Å². The molecular weight excluding hydrogens is 382 g/mol. The molecule has 0 saturated carbocycles. The third-order valence-corrected chi connectivity index (χ3v) is 5.07. The Balaban J connectivity index is 1.32. The largest absolute Gasteiger partial charge is 0.481 e. The van der Waals surface area contributed by atoms with Gasteiger partial charge >= 0.3 is 0 Å². The molecule has 1 N–H and O–H groups in total. The number of hydrogen-bond acceptors (Lipinski definition) is 5. The van der Waals surface area contributed by atoms with Crippen molar-refractivity contribution in [2.75, 3.05) is 26.2 Å². The Morgan fingerprint density at radius 2 is 1.67 bits per heavy atom. The minimum absolute atomic E-state index is 0.0764. The van der Waals surface area contributed by atoms with E-state index < -0.39 is 6.10 Å². The van der Waals surface area contributed by atoms with E-state index in [9.17, 15) is 9.59 Å². The summed E-state index contributed by atoms with van der Waals surface area (Å²) in [5.74, 6) is 0.465. The number of nitrogens with one attached hydrogen (secondary N) is 1. The average molecular weight is 405 g/mol. The van der Waals surface area contributed by atoms with E-state index in [0.29, 0.717) is 43.3 Å². The number of aromatic nitrogens is 3. The summed E-state index contributed by atoms with van der Waals surface area (Å²) in [6, 6.07) is 14.7. The predicted molar refractivity (Wildman–Crippen MR) is 111 cm³/mol. The molecule has 1 unspecified atom stereocenters. The van der Waals surface area contributed by atoms with E-state index in [1.165, 1.54) is 0 Å². The second-order valence-corrected chi connectivity index (χ2v) is 7.09. The normalized spacial score (nSPS) is 15.0. The number of H-pyrrole nitrogens is 1. The van der Waals surface area contributed by atoms with Gasteiger partial charge in [0.15, 0.2) is 6.10 Å². The Hall–Kier alpha value is -3.68. The number of aromatic amines is 1. The Morgan fingerprint density at radius 1 is 1.00 bits per heavy atom. The van der Waals surface area contributed by atoms with Crippen LogP contribution in [0.3, 0.4) is 0 Å². The second kappa shape index (κ2) is 8.77. The van der Waals surface area contributed by atoms with Gasteiger partial charge in [0, 0.05) is 44.1 Å². The summed E-state index contributed by atoms with van der Waals surface area (Å²) in [6.45, 7) is 3.62. The molecule has 1 aliphatic rings. The number of ether oxygens (including phenoxy) is 1. The average Bonchev–Trinajstić information content (AvgIpc) is 3.30. The minimum atomic E-state index is -0.579. The Bertz CT molecular complexity index is 998. The third kappa shape index (κ3) is 4.32. The van der Waals surface area contributed by atoms with Crippen LogP contribution in [-0.4, -0.2) is 69.1 Å². The van der Waals surface area contributed by atoms with Crippen molar-refractivity contribution in [3.05, 3.63) is 66.6 Å². The quantitative estimate of drug-likeness (QED) is 0.703. The molecule has 1 fully saturated rings. The zero-order valence-corrected chi connectivity index (χ0v) is 16.7. The number of rotatable bonds is 5. The third-order valence-electron chi connectivity index (χ3n) is 5.07. The standard InChI is InChI=1S/C22H23N5O3/c1-16(30-18-5-3-2-4-6-18)21(28)26-11-13-27(14-12-26)22(29)20-15-19(24-25-20)17-7-9-23-10-8-17/h2-10,15-16H,11-14H2,1H3,(H,24,25). The molecule has 30 heavy (non-hydrogen) atoms. The van der Waals surface area contributed by atoms with Crippen LogP contribution in [0.25, 0.3) is 11.3 Å². The fourth-order valence-corrected chi connectivity index (χ4v) is 3.41. The van der Waals surface area contributed by atoms with Gasteiger partial charge in [-0.1, -0.05) is 18.2 Å². The van der Waals surface area contributed by atoms with Gasteiger partial charge in [-0.15, -0.1) is 0 Å². The molecule has 3 aromatic rings. The first-order valence-electron chi connectivity index (χ1n) is 9.87. The molecule has 8 nitrogen and oxygen atoms in total.